The van der Waals surface area contributed by atoms with Crippen molar-refractivity contribution in [3.8, 4) is 5.75 Å². The highest BCUT2D eigenvalue weighted by molar-refractivity contribution is 9.10. The Morgan fingerprint density at radius 1 is 1.19 bits per heavy atom. The Morgan fingerprint density at radius 2 is 1.81 bits per heavy atom. The maximum atomic E-state index is 10.5. The number of hydrogen-bond acceptors (Lipinski definition) is 2. The van der Waals surface area contributed by atoms with Crippen molar-refractivity contribution in [2.24, 2.45) is 17.8 Å². The Bertz CT molecular complexity index is 451. The highest BCUT2D eigenvalue weighted by Crippen LogP contribution is 2.36. The second-order valence-corrected chi connectivity index (χ2v) is 7.51. The molecule has 0 bridgehead atoms. The van der Waals surface area contributed by atoms with Gasteiger partial charge in [0.15, 0.2) is 0 Å². The molecule has 0 saturated heterocycles. The summed E-state index contributed by atoms with van der Waals surface area (Å²) in [5, 5.41) is 10.5. The quantitative estimate of drug-likeness (QED) is 0.820. The first-order valence-corrected chi connectivity index (χ1v) is 8.81. The highest BCUT2D eigenvalue weighted by atomic mass is 79.9. The van der Waals surface area contributed by atoms with Crippen LogP contribution < -0.4 is 4.74 Å². The fraction of sp³-hybridized carbons (Fsp3) is 0.667. The molecular formula is C18H27BrO2. The summed E-state index contributed by atoms with van der Waals surface area (Å²) in [6, 6.07) is 6.07. The van der Waals surface area contributed by atoms with Crippen molar-refractivity contribution in [1.29, 1.82) is 0 Å². The molecule has 118 valence electrons. The van der Waals surface area contributed by atoms with Crippen molar-refractivity contribution >= 4 is 15.9 Å². The monoisotopic (exact) mass is 354 g/mol. The molecule has 0 aromatic heterocycles. The fourth-order valence-electron chi connectivity index (χ4n) is 3.44. The molecule has 1 aliphatic rings. The first-order valence-electron chi connectivity index (χ1n) is 8.01. The molecule has 3 heteroatoms. The maximum Gasteiger partial charge on any atom is 0.133 e. The number of benzene rings is 1. The number of rotatable bonds is 5. The van der Waals surface area contributed by atoms with E-state index < -0.39 is 0 Å². The van der Waals surface area contributed by atoms with E-state index in [0.29, 0.717) is 5.92 Å². The molecule has 0 amide bonds. The van der Waals surface area contributed by atoms with E-state index >= 15 is 0 Å². The molecule has 1 aliphatic carbocycles. The largest absolute Gasteiger partial charge is 0.496 e. The van der Waals surface area contributed by atoms with Gasteiger partial charge in [-0.2, -0.15) is 0 Å². The van der Waals surface area contributed by atoms with Crippen LogP contribution in [0.25, 0.3) is 0 Å². The lowest BCUT2D eigenvalue weighted by molar-refractivity contribution is 0.0675. The van der Waals surface area contributed by atoms with Gasteiger partial charge in [0.1, 0.15) is 5.75 Å². The van der Waals surface area contributed by atoms with Crippen molar-refractivity contribution in [2.75, 3.05) is 7.11 Å². The predicted molar refractivity (Wildman–Crippen MR) is 90.7 cm³/mol. The topological polar surface area (TPSA) is 29.5 Å². The Hall–Kier alpha value is -0.540. The van der Waals surface area contributed by atoms with Crippen molar-refractivity contribution in [1.82, 2.24) is 0 Å². The minimum atomic E-state index is -0.224. The van der Waals surface area contributed by atoms with Gasteiger partial charge in [0, 0.05) is 0 Å². The van der Waals surface area contributed by atoms with Crippen LogP contribution in [0.5, 0.6) is 5.75 Å². The van der Waals surface area contributed by atoms with Crippen LogP contribution in [0.2, 0.25) is 0 Å². The molecule has 0 heterocycles. The molecule has 0 spiro atoms. The van der Waals surface area contributed by atoms with E-state index in [-0.39, 0.29) is 6.10 Å². The lowest BCUT2D eigenvalue weighted by Crippen LogP contribution is -2.28. The molecule has 21 heavy (non-hydrogen) atoms. The van der Waals surface area contributed by atoms with Gasteiger partial charge in [-0.3, -0.25) is 0 Å². The maximum absolute atomic E-state index is 10.5. The molecule has 1 fully saturated rings. The van der Waals surface area contributed by atoms with E-state index in [1.165, 1.54) is 31.2 Å². The van der Waals surface area contributed by atoms with Gasteiger partial charge >= 0.3 is 0 Å². The minimum Gasteiger partial charge on any atom is -0.496 e. The third kappa shape index (κ3) is 4.46. The molecule has 1 aromatic carbocycles. The number of ether oxygens (including phenoxy) is 1. The zero-order valence-electron chi connectivity index (χ0n) is 13.3. The van der Waals surface area contributed by atoms with Gasteiger partial charge in [-0.25, -0.2) is 0 Å². The first-order chi connectivity index (χ1) is 10.0. The van der Waals surface area contributed by atoms with E-state index in [9.17, 15) is 5.11 Å². The van der Waals surface area contributed by atoms with Crippen LogP contribution in [0.1, 0.15) is 45.1 Å². The Kier molecular flexibility index (Phi) is 6.12. The second kappa shape index (κ2) is 7.64. The van der Waals surface area contributed by atoms with E-state index in [0.717, 1.165) is 28.5 Å². The molecule has 2 rings (SSSR count). The van der Waals surface area contributed by atoms with Gasteiger partial charge < -0.3 is 9.84 Å². The van der Waals surface area contributed by atoms with Gasteiger partial charge in [0.25, 0.3) is 0 Å². The third-order valence-corrected chi connectivity index (χ3v) is 5.58. The average molecular weight is 355 g/mol. The SMILES string of the molecule is COc1ccc(CC(O)C2CCC(C(C)C)CC2)cc1Br. The van der Waals surface area contributed by atoms with Crippen molar-refractivity contribution in [2.45, 2.75) is 52.1 Å². The van der Waals surface area contributed by atoms with Crippen LogP contribution in [0.15, 0.2) is 22.7 Å². The first kappa shape index (κ1) is 16.8. The lowest BCUT2D eigenvalue weighted by atomic mass is 9.74. The summed E-state index contributed by atoms with van der Waals surface area (Å²) >= 11 is 3.51. The van der Waals surface area contributed by atoms with Gasteiger partial charge in [0.2, 0.25) is 0 Å². The number of methoxy groups -OCH3 is 1. The number of halogens is 1. The van der Waals surface area contributed by atoms with Crippen LogP contribution in [0.4, 0.5) is 0 Å². The molecule has 1 saturated carbocycles. The Balaban J connectivity index is 1.90. The Labute approximate surface area is 137 Å². The van der Waals surface area contributed by atoms with Crippen LogP contribution in [0.3, 0.4) is 0 Å². The Morgan fingerprint density at radius 3 is 2.33 bits per heavy atom. The zero-order chi connectivity index (χ0) is 15.4. The smallest absolute Gasteiger partial charge is 0.133 e. The van der Waals surface area contributed by atoms with Crippen molar-refractivity contribution in [3.05, 3.63) is 28.2 Å². The third-order valence-electron chi connectivity index (χ3n) is 4.96. The molecule has 0 aliphatic heterocycles. The van der Waals surface area contributed by atoms with E-state index in [2.05, 4.69) is 35.8 Å². The van der Waals surface area contributed by atoms with E-state index in [4.69, 9.17) is 4.74 Å². The van der Waals surface area contributed by atoms with Gasteiger partial charge in [-0.05, 0) is 83.5 Å². The van der Waals surface area contributed by atoms with Gasteiger partial charge in [0.05, 0.1) is 17.7 Å². The minimum absolute atomic E-state index is 0.224. The van der Waals surface area contributed by atoms with Gasteiger partial charge in [-0.1, -0.05) is 19.9 Å². The number of aliphatic hydroxyl groups is 1. The van der Waals surface area contributed by atoms with E-state index in [1.807, 2.05) is 12.1 Å². The summed E-state index contributed by atoms with van der Waals surface area (Å²) in [5.74, 6) is 2.93. The summed E-state index contributed by atoms with van der Waals surface area (Å²) in [6.45, 7) is 4.63. The molecule has 1 N–H and O–H groups in total. The molecule has 1 aromatic rings. The second-order valence-electron chi connectivity index (χ2n) is 6.66. The number of hydrogen-bond donors (Lipinski definition) is 1. The van der Waals surface area contributed by atoms with Crippen LogP contribution >= 0.6 is 15.9 Å². The summed E-state index contributed by atoms with van der Waals surface area (Å²) in [6.07, 6.45) is 5.39. The van der Waals surface area contributed by atoms with Gasteiger partial charge in [-0.15, -0.1) is 0 Å². The average Bonchev–Trinajstić information content (AvgIpc) is 2.47. The summed E-state index contributed by atoms with van der Waals surface area (Å²) in [7, 11) is 1.67. The summed E-state index contributed by atoms with van der Waals surface area (Å²) in [5.41, 5.74) is 1.17. The lowest BCUT2D eigenvalue weighted by Gasteiger charge is -2.33. The predicted octanol–water partition coefficient (Wildman–Crippen LogP) is 4.82. The summed E-state index contributed by atoms with van der Waals surface area (Å²) in [4.78, 5) is 0. The molecule has 2 nitrogen and oxygen atoms in total. The molecule has 0 radical (unpaired) electrons. The van der Waals surface area contributed by atoms with Crippen molar-refractivity contribution < 1.29 is 9.84 Å². The van der Waals surface area contributed by atoms with Crippen LogP contribution in [-0.4, -0.2) is 18.3 Å². The highest BCUT2D eigenvalue weighted by Gasteiger charge is 2.27. The molecule has 1 atom stereocenters. The molecular weight excluding hydrogens is 328 g/mol. The fourth-order valence-corrected chi connectivity index (χ4v) is 4.03. The normalized spacial score (nSPS) is 24.1. The standard InChI is InChI=1S/C18H27BrO2/c1-12(2)14-5-7-15(8-6-14)17(20)11-13-4-9-18(21-3)16(19)10-13/h4,9-10,12,14-15,17,20H,5-8,11H2,1-3H3. The van der Waals surface area contributed by atoms with E-state index in [1.54, 1.807) is 7.11 Å². The van der Waals surface area contributed by atoms with Crippen molar-refractivity contribution in [3.63, 3.8) is 0 Å². The van der Waals surface area contributed by atoms with Crippen LogP contribution in [0, 0.1) is 17.8 Å². The summed E-state index contributed by atoms with van der Waals surface area (Å²) < 4.78 is 6.20. The van der Waals surface area contributed by atoms with Crippen LogP contribution in [-0.2, 0) is 6.42 Å². The molecule has 1 unspecified atom stereocenters. The zero-order valence-corrected chi connectivity index (χ0v) is 14.9. The number of aliphatic hydroxyl groups excluding tert-OH is 1.